The van der Waals surface area contributed by atoms with Gasteiger partial charge in [-0.1, -0.05) is 6.07 Å². The first kappa shape index (κ1) is 13.8. The number of amides is 1. The lowest BCUT2D eigenvalue weighted by atomic mass is 10.1. The van der Waals surface area contributed by atoms with Crippen molar-refractivity contribution in [1.29, 1.82) is 5.26 Å². The van der Waals surface area contributed by atoms with E-state index < -0.39 is 0 Å². The number of carbonyl (C=O) groups is 1. The van der Waals surface area contributed by atoms with Gasteiger partial charge in [0.15, 0.2) is 0 Å². The van der Waals surface area contributed by atoms with Crippen LogP contribution in [0.3, 0.4) is 0 Å². The van der Waals surface area contributed by atoms with Crippen molar-refractivity contribution in [2.75, 3.05) is 7.05 Å². The van der Waals surface area contributed by atoms with Gasteiger partial charge in [0.05, 0.1) is 18.2 Å². The van der Waals surface area contributed by atoms with Crippen LogP contribution in [0.5, 0.6) is 0 Å². The van der Waals surface area contributed by atoms with Gasteiger partial charge < -0.3 is 4.90 Å². The Balaban J connectivity index is 2.12. The summed E-state index contributed by atoms with van der Waals surface area (Å²) in [5.41, 5.74) is 1.04. The zero-order valence-electron chi connectivity index (χ0n) is 10.3. The van der Waals surface area contributed by atoms with Crippen LogP contribution in [0, 0.1) is 11.3 Å². The largest absolute Gasteiger partial charge is 0.337 e. The van der Waals surface area contributed by atoms with E-state index in [0.717, 1.165) is 9.35 Å². The Morgan fingerprint density at radius 1 is 1.47 bits per heavy atom. The molecule has 0 radical (unpaired) electrons. The van der Waals surface area contributed by atoms with Gasteiger partial charge in [-0.05, 0) is 40.2 Å². The molecule has 2 aromatic rings. The molecule has 5 heteroatoms. The summed E-state index contributed by atoms with van der Waals surface area (Å²) in [5, 5.41) is 10.8. The van der Waals surface area contributed by atoms with Crippen molar-refractivity contribution >= 4 is 33.2 Å². The van der Waals surface area contributed by atoms with Crippen molar-refractivity contribution in [1.82, 2.24) is 4.90 Å². The maximum absolute atomic E-state index is 12.2. The Morgan fingerprint density at radius 2 is 2.26 bits per heavy atom. The molecule has 0 N–H and O–H groups in total. The Morgan fingerprint density at radius 3 is 2.89 bits per heavy atom. The van der Waals surface area contributed by atoms with Crippen molar-refractivity contribution in [2.45, 2.75) is 6.54 Å². The van der Waals surface area contributed by atoms with E-state index in [1.165, 1.54) is 0 Å². The number of halogens is 1. The van der Waals surface area contributed by atoms with E-state index >= 15 is 0 Å². The maximum Gasteiger partial charge on any atom is 0.253 e. The third-order valence-corrected chi connectivity index (χ3v) is 4.28. The molecule has 0 unspecified atom stereocenters. The summed E-state index contributed by atoms with van der Waals surface area (Å²) in [4.78, 5) is 15.0. The van der Waals surface area contributed by atoms with Crippen LogP contribution in [0.4, 0.5) is 0 Å². The summed E-state index contributed by atoms with van der Waals surface area (Å²) in [5.74, 6) is -0.0818. The molecule has 0 bridgehead atoms. The molecule has 3 nitrogen and oxygen atoms in total. The van der Waals surface area contributed by atoms with Gasteiger partial charge in [-0.15, -0.1) is 11.3 Å². The predicted molar refractivity (Wildman–Crippen MR) is 79.0 cm³/mol. The smallest absolute Gasteiger partial charge is 0.253 e. The molecule has 0 fully saturated rings. The molecule has 0 saturated heterocycles. The topological polar surface area (TPSA) is 44.1 Å². The van der Waals surface area contributed by atoms with E-state index in [9.17, 15) is 4.79 Å². The van der Waals surface area contributed by atoms with Gasteiger partial charge in [0.2, 0.25) is 0 Å². The Kier molecular flexibility index (Phi) is 4.35. The molecule has 2 rings (SSSR count). The molecule has 96 valence electrons. The molecule has 0 aliphatic heterocycles. The second-order valence-corrected chi connectivity index (χ2v) is 6.00. The average Bonchev–Trinajstić information content (AvgIpc) is 2.83. The Labute approximate surface area is 124 Å². The van der Waals surface area contributed by atoms with Crippen LogP contribution in [-0.2, 0) is 6.54 Å². The molecule has 0 saturated carbocycles. The van der Waals surface area contributed by atoms with E-state index in [1.807, 2.05) is 17.5 Å². The van der Waals surface area contributed by atoms with E-state index in [2.05, 4.69) is 15.9 Å². The molecule has 1 heterocycles. The normalized spacial score (nSPS) is 9.95. The lowest BCUT2D eigenvalue weighted by molar-refractivity contribution is 0.0786. The average molecular weight is 335 g/mol. The number of hydrogen-bond acceptors (Lipinski definition) is 3. The number of thiophene rings is 1. The monoisotopic (exact) mass is 334 g/mol. The fourth-order valence-corrected chi connectivity index (χ4v) is 3.19. The highest BCUT2D eigenvalue weighted by atomic mass is 79.9. The second kappa shape index (κ2) is 6.00. The number of nitriles is 1. The fourth-order valence-electron chi connectivity index (χ4n) is 1.68. The van der Waals surface area contributed by atoms with Crippen LogP contribution in [0.15, 0.2) is 40.2 Å². The summed E-state index contributed by atoms with van der Waals surface area (Å²) in [6.45, 7) is 0.561. The van der Waals surface area contributed by atoms with Gasteiger partial charge in [0.25, 0.3) is 5.91 Å². The van der Waals surface area contributed by atoms with Crippen LogP contribution >= 0.6 is 27.3 Å². The molecule has 0 aliphatic carbocycles. The quantitative estimate of drug-likeness (QED) is 0.859. The highest BCUT2D eigenvalue weighted by Gasteiger charge is 2.13. The summed E-state index contributed by atoms with van der Waals surface area (Å²) in [6.07, 6.45) is 0. The summed E-state index contributed by atoms with van der Waals surface area (Å²) < 4.78 is 1.03. The van der Waals surface area contributed by atoms with Crippen LogP contribution in [0.2, 0.25) is 0 Å². The number of carbonyl (C=O) groups excluding carboxylic acids is 1. The first-order chi connectivity index (χ1) is 9.10. The van der Waals surface area contributed by atoms with Gasteiger partial charge >= 0.3 is 0 Å². The standard InChI is InChI=1S/C14H11BrN2OS/c1-17(8-13-6-12(15)9-19-13)14(18)11-4-2-3-10(5-11)7-16/h2-6,9H,8H2,1H3. The third-order valence-electron chi connectivity index (χ3n) is 2.60. The van der Waals surface area contributed by atoms with E-state index in [-0.39, 0.29) is 5.91 Å². The zero-order chi connectivity index (χ0) is 13.8. The van der Waals surface area contributed by atoms with Crippen molar-refractivity contribution in [2.24, 2.45) is 0 Å². The van der Waals surface area contributed by atoms with Crippen molar-refractivity contribution in [3.05, 3.63) is 56.2 Å². The molecular formula is C14H11BrN2OS. The summed E-state index contributed by atoms with van der Waals surface area (Å²) >= 11 is 5.00. The Hall–Kier alpha value is -1.64. The van der Waals surface area contributed by atoms with Crippen molar-refractivity contribution < 1.29 is 4.79 Å². The highest BCUT2D eigenvalue weighted by Crippen LogP contribution is 2.21. The maximum atomic E-state index is 12.2. The minimum atomic E-state index is -0.0818. The number of nitrogens with zero attached hydrogens (tertiary/aromatic N) is 2. The zero-order valence-corrected chi connectivity index (χ0v) is 12.7. The minimum absolute atomic E-state index is 0.0818. The van der Waals surface area contributed by atoms with Crippen molar-refractivity contribution in [3.8, 4) is 6.07 Å². The number of hydrogen-bond donors (Lipinski definition) is 0. The minimum Gasteiger partial charge on any atom is -0.337 e. The number of rotatable bonds is 3. The molecule has 1 aromatic carbocycles. The first-order valence-electron chi connectivity index (χ1n) is 5.58. The summed E-state index contributed by atoms with van der Waals surface area (Å²) in [6, 6.07) is 10.8. The van der Waals surface area contributed by atoms with Gasteiger partial charge in [-0.2, -0.15) is 5.26 Å². The third kappa shape index (κ3) is 3.43. The molecule has 19 heavy (non-hydrogen) atoms. The van der Waals surface area contributed by atoms with Crippen LogP contribution < -0.4 is 0 Å². The number of benzene rings is 1. The van der Waals surface area contributed by atoms with Crippen LogP contribution in [0.1, 0.15) is 20.8 Å². The van der Waals surface area contributed by atoms with Gasteiger partial charge in [-0.25, -0.2) is 0 Å². The van der Waals surface area contributed by atoms with Gasteiger partial charge in [0.1, 0.15) is 0 Å². The van der Waals surface area contributed by atoms with E-state index in [1.54, 1.807) is 47.5 Å². The van der Waals surface area contributed by atoms with Crippen LogP contribution in [0.25, 0.3) is 0 Å². The first-order valence-corrected chi connectivity index (χ1v) is 7.26. The fraction of sp³-hybridized carbons (Fsp3) is 0.143. The van der Waals surface area contributed by atoms with Crippen molar-refractivity contribution in [3.63, 3.8) is 0 Å². The second-order valence-electron chi connectivity index (χ2n) is 4.09. The lowest BCUT2D eigenvalue weighted by Crippen LogP contribution is -2.25. The van der Waals surface area contributed by atoms with Gasteiger partial charge in [-0.3, -0.25) is 4.79 Å². The highest BCUT2D eigenvalue weighted by molar-refractivity contribution is 9.10. The molecule has 0 spiro atoms. The lowest BCUT2D eigenvalue weighted by Gasteiger charge is -2.16. The molecule has 1 aromatic heterocycles. The summed E-state index contributed by atoms with van der Waals surface area (Å²) in [7, 11) is 1.76. The SMILES string of the molecule is CN(Cc1cc(Br)cs1)C(=O)c1cccc(C#N)c1. The molecular weight excluding hydrogens is 324 g/mol. The molecule has 0 aliphatic rings. The predicted octanol–water partition coefficient (Wildman–Crippen LogP) is 3.65. The molecule has 1 amide bonds. The van der Waals surface area contributed by atoms with Crippen LogP contribution in [-0.4, -0.2) is 17.9 Å². The van der Waals surface area contributed by atoms with E-state index in [0.29, 0.717) is 17.7 Å². The Bertz CT molecular complexity index is 645. The molecule has 0 atom stereocenters. The van der Waals surface area contributed by atoms with E-state index in [4.69, 9.17) is 5.26 Å². The van der Waals surface area contributed by atoms with Gasteiger partial charge in [0, 0.05) is 27.3 Å².